The maximum Gasteiger partial charge on any atom is 0.254 e. The highest BCUT2D eigenvalue weighted by atomic mass is 35.5. The number of hydrogen-bond donors (Lipinski definition) is 0. The lowest BCUT2D eigenvalue weighted by Crippen LogP contribution is -2.30. The van der Waals surface area contributed by atoms with Gasteiger partial charge in [-0.15, -0.1) is 0 Å². The molecule has 1 fully saturated rings. The summed E-state index contributed by atoms with van der Waals surface area (Å²) >= 11 is 11.9. The summed E-state index contributed by atoms with van der Waals surface area (Å²) < 4.78 is 10.8. The predicted octanol–water partition coefficient (Wildman–Crippen LogP) is 4.38. The number of hydrogen-bond acceptors (Lipinski definition) is 4. The van der Waals surface area contributed by atoms with Gasteiger partial charge in [0.1, 0.15) is 21.8 Å². The van der Waals surface area contributed by atoms with Crippen LogP contribution in [0.5, 0.6) is 11.5 Å². The van der Waals surface area contributed by atoms with Crippen LogP contribution < -0.4 is 9.47 Å². The van der Waals surface area contributed by atoms with Crippen LogP contribution in [0.3, 0.4) is 0 Å². The Hall–Kier alpha value is -1.98. The van der Waals surface area contributed by atoms with Crippen molar-refractivity contribution in [2.24, 2.45) is 0 Å². The summed E-state index contributed by atoms with van der Waals surface area (Å²) in [7, 11) is 3.24. The van der Waals surface area contributed by atoms with Crippen molar-refractivity contribution in [3.8, 4) is 11.5 Å². The Balaban J connectivity index is 1.96. The van der Waals surface area contributed by atoms with Crippen LogP contribution in [0.1, 0.15) is 34.8 Å². The molecule has 1 saturated heterocycles. The summed E-state index contributed by atoms with van der Waals surface area (Å²) in [6.45, 7) is 0.654. The van der Waals surface area contributed by atoms with Gasteiger partial charge in [0.15, 0.2) is 0 Å². The monoisotopic (exact) mass is 380 g/mol. The van der Waals surface area contributed by atoms with E-state index in [1.165, 1.54) is 12.1 Å². The SMILES string of the molecule is COc1ccc(OC)c(C2CCCN2C(=O)c2cc(Cl)nc(Cl)c2)c1. The molecule has 25 heavy (non-hydrogen) atoms. The molecule has 1 aliphatic heterocycles. The molecule has 0 bridgehead atoms. The van der Waals surface area contributed by atoms with Crippen molar-refractivity contribution in [3.63, 3.8) is 0 Å². The summed E-state index contributed by atoms with van der Waals surface area (Å²) in [6.07, 6.45) is 1.76. The number of halogens is 2. The van der Waals surface area contributed by atoms with Crippen LogP contribution in [-0.2, 0) is 0 Å². The number of carbonyl (C=O) groups is 1. The van der Waals surface area contributed by atoms with Crippen molar-refractivity contribution >= 4 is 29.1 Å². The molecule has 5 nitrogen and oxygen atoms in total. The van der Waals surface area contributed by atoms with Crippen molar-refractivity contribution in [3.05, 3.63) is 51.8 Å². The molecule has 2 aromatic rings. The minimum absolute atomic E-state index is 0.0942. The first-order chi connectivity index (χ1) is 12.0. The molecule has 1 aromatic carbocycles. The number of rotatable bonds is 4. The highest BCUT2D eigenvalue weighted by Gasteiger charge is 2.33. The second-order valence-electron chi connectivity index (χ2n) is 5.77. The minimum atomic E-state index is -0.126. The molecule has 1 aliphatic rings. The first-order valence-corrected chi connectivity index (χ1v) is 8.65. The van der Waals surface area contributed by atoms with Crippen molar-refractivity contribution in [2.45, 2.75) is 18.9 Å². The van der Waals surface area contributed by atoms with Gasteiger partial charge in [-0.3, -0.25) is 4.79 Å². The fourth-order valence-corrected chi connectivity index (χ4v) is 3.65. The quantitative estimate of drug-likeness (QED) is 0.738. The molecule has 7 heteroatoms. The zero-order valence-electron chi connectivity index (χ0n) is 14.0. The first-order valence-electron chi connectivity index (χ1n) is 7.89. The van der Waals surface area contributed by atoms with E-state index < -0.39 is 0 Å². The molecule has 1 unspecified atom stereocenters. The van der Waals surface area contributed by atoms with Crippen LogP contribution in [-0.4, -0.2) is 36.6 Å². The first kappa shape index (κ1) is 17.8. The minimum Gasteiger partial charge on any atom is -0.497 e. The third-order valence-electron chi connectivity index (χ3n) is 4.32. The van der Waals surface area contributed by atoms with Gasteiger partial charge in [0.25, 0.3) is 5.91 Å². The van der Waals surface area contributed by atoms with Crippen molar-refractivity contribution < 1.29 is 14.3 Å². The Bertz CT molecular complexity index is 778. The zero-order chi connectivity index (χ0) is 18.0. The number of benzene rings is 1. The average molecular weight is 381 g/mol. The summed E-state index contributed by atoms with van der Waals surface area (Å²) in [5.74, 6) is 1.33. The maximum atomic E-state index is 13.0. The topological polar surface area (TPSA) is 51.7 Å². The van der Waals surface area contributed by atoms with Gasteiger partial charge in [-0.2, -0.15) is 0 Å². The molecule has 0 spiro atoms. The van der Waals surface area contributed by atoms with Gasteiger partial charge >= 0.3 is 0 Å². The predicted molar refractivity (Wildman–Crippen MR) is 96.8 cm³/mol. The van der Waals surface area contributed by atoms with Gasteiger partial charge in [0.2, 0.25) is 0 Å². The van der Waals surface area contributed by atoms with Gasteiger partial charge in [-0.25, -0.2) is 4.98 Å². The molecular weight excluding hydrogens is 363 g/mol. The summed E-state index contributed by atoms with van der Waals surface area (Å²) in [4.78, 5) is 18.7. The number of nitrogens with zero attached hydrogens (tertiary/aromatic N) is 2. The summed E-state index contributed by atoms with van der Waals surface area (Å²) in [6, 6.07) is 8.59. The molecule has 0 saturated carbocycles. The molecule has 132 valence electrons. The van der Waals surface area contributed by atoms with Gasteiger partial charge in [0, 0.05) is 17.7 Å². The second kappa shape index (κ2) is 7.50. The number of amides is 1. The highest BCUT2D eigenvalue weighted by molar-refractivity contribution is 6.33. The number of methoxy groups -OCH3 is 2. The smallest absolute Gasteiger partial charge is 0.254 e. The maximum absolute atomic E-state index is 13.0. The number of aromatic nitrogens is 1. The van der Waals surface area contributed by atoms with Crippen molar-refractivity contribution in [2.75, 3.05) is 20.8 Å². The van der Waals surface area contributed by atoms with E-state index in [1.54, 1.807) is 14.2 Å². The molecule has 0 aliphatic carbocycles. The number of carbonyl (C=O) groups excluding carboxylic acids is 1. The molecule has 0 N–H and O–H groups in total. The van der Waals surface area contributed by atoms with Crippen LogP contribution in [0.25, 0.3) is 0 Å². The molecular formula is C18H18Cl2N2O3. The van der Waals surface area contributed by atoms with Gasteiger partial charge in [-0.1, -0.05) is 23.2 Å². The molecule has 2 heterocycles. The van der Waals surface area contributed by atoms with E-state index in [-0.39, 0.29) is 22.3 Å². The number of likely N-dealkylation sites (tertiary alicyclic amines) is 1. The number of pyridine rings is 1. The molecule has 1 atom stereocenters. The Morgan fingerprint density at radius 1 is 1.16 bits per heavy atom. The molecule has 0 radical (unpaired) electrons. The summed E-state index contributed by atoms with van der Waals surface area (Å²) in [5.41, 5.74) is 1.36. The van der Waals surface area contributed by atoms with Crippen molar-refractivity contribution in [1.29, 1.82) is 0 Å². The van der Waals surface area contributed by atoms with E-state index in [4.69, 9.17) is 32.7 Å². The van der Waals surface area contributed by atoms with Crippen LogP contribution in [0.4, 0.5) is 0 Å². The van der Waals surface area contributed by atoms with E-state index in [1.807, 2.05) is 23.1 Å². The number of ether oxygens (including phenoxy) is 2. The van der Waals surface area contributed by atoms with Crippen LogP contribution in [0, 0.1) is 0 Å². The average Bonchev–Trinajstić information content (AvgIpc) is 3.09. The largest absolute Gasteiger partial charge is 0.497 e. The highest BCUT2D eigenvalue weighted by Crippen LogP contribution is 2.39. The van der Waals surface area contributed by atoms with E-state index in [0.717, 1.165) is 29.9 Å². The fourth-order valence-electron chi connectivity index (χ4n) is 3.19. The van der Waals surface area contributed by atoms with Gasteiger partial charge < -0.3 is 14.4 Å². The second-order valence-corrected chi connectivity index (χ2v) is 6.54. The third-order valence-corrected chi connectivity index (χ3v) is 4.71. The normalized spacial score (nSPS) is 16.8. The third kappa shape index (κ3) is 3.67. The van der Waals surface area contributed by atoms with Crippen LogP contribution in [0.15, 0.2) is 30.3 Å². The lowest BCUT2D eigenvalue weighted by Gasteiger charge is -2.27. The Morgan fingerprint density at radius 2 is 1.88 bits per heavy atom. The summed E-state index contributed by atoms with van der Waals surface area (Å²) in [5, 5.41) is 0.399. The Morgan fingerprint density at radius 3 is 2.52 bits per heavy atom. The van der Waals surface area contributed by atoms with Crippen LogP contribution in [0.2, 0.25) is 10.3 Å². The molecule has 1 amide bonds. The van der Waals surface area contributed by atoms with E-state index >= 15 is 0 Å². The van der Waals surface area contributed by atoms with E-state index in [0.29, 0.717) is 12.1 Å². The lowest BCUT2D eigenvalue weighted by atomic mass is 10.0. The standard InChI is InChI=1S/C18H18Cl2N2O3/c1-24-12-5-6-15(25-2)13(10-12)14-4-3-7-22(14)18(23)11-8-16(19)21-17(20)9-11/h5-6,8-10,14H,3-4,7H2,1-2H3. The molecule has 3 rings (SSSR count). The van der Waals surface area contributed by atoms with Gasteiger partial charge in [0.05, 0.1) is 20.3 Å². The van der Waals surface area contributed by atoms with Crippen LogP contribution >= 0.6 is 23.2 Å². The van der Waals surface area contributed by atoms with E-state index in [9.17, 15) is 4.79 Å². The zero-order valence-corrected chi connectivity index (χ0v) is 15.5. The lowest BCUT2D eigenvalue weighted by molar-refractivity contribution is 0.0734. The van der Waals surface area contributed by atoms with E-state index in [2.05, 4.69) is 4.98 Å². The fraction of sp³-hybridized carbons (Fsp3) is 0.333. The Kier molecular flexibility index (Phi) is 5.35. The van der Waals surface area contributed by atoms with Gasteiger partial charge in [-0.05, 0) is 43.2 Å². The Labute approximate surface area is 156 Å². The molecule has 1 aromatic heterocycles. The van der Waals surface area contributed by atoms with Crippen molar-refractivity contribution in [1.82, 2.24) is 9.88 Å².